The maximum atomic E-state index is 5.71. The van der Waals surface area contributed by atoms with E-state index in [1.807, 2.05) is 11.8 Å². The normalized spacial score (nSPS) is 45.5. The van der Waals surface area contributed by atoms with E-state index in [0.717, 1.165) is 12.4 Å². The van der Waals surface area contributed by atoms with Gasteiger partial charge in [-0.05, 0) is 0 Å². The van der Waals surface area contributed by atoms with Crippen molar-refractivity contribution in [1.29, 1.82) is 0 Å². The van der Waals surface area contributed by atoms with Gasteiger partial charge in [-0.25, -0.2) is 0 Å². The monoisotopic (exact) mass is 190 g/mol. The number of fused-ring (bicyclic) bond motifs is 2. The van der Waals surface area contributed by atoms with Crippen molar-refractivity contribution in [2.75, 3.05) is 33.2 Å². The maximum Gasteiger partial charge on any atom is 0.128 e. The van der Waals surface area contributed by atoms with Gasteiger partial charge >= 0.3 is 0 Å². The molecule has 2 aliphatic rings. The molecule has 0 amide bonds. The fourth-order valence-corrected chi connectivity index (χ4v) is 3.57. The van der Waals surface area contributed by atoms with E-state index in [9.17, 15) is 0 Å². The smallest absolute Gasteiger partial charge is 0.128 e. The Hall–Kier alpha value is 0.230. The molecule has 0 radical (unpaired) electrons. The van der Waals surface area contributed by atoms with Crippen molar-refractivity contribution in [3.63, 3.8) is 0 Å². The van der Waals surface area contributed by atoms with Crippen LogP contribution >= 0.6 is 11.8 Å². The van der Waals surface area contributed by atoms with Crippen LogP contribution in [0.4, 0.5) is 0 Å². The second-order valence-corrected chi connectivity index (χ2v) is 4.54. The summed E-state index contributed by atoms with van der Waals surface area (Å²) in [6.07, 6.45) is 0.224. The highest BCUT2D eigenvalue weighted by molar-refractivity contribution is 8.00. The van der Waals surface area contributed by atoms with Crippen LogP contribution in [-0.4, -0.2) is 50.1 Å². The lowest BCUT2D eigenvalue weighted by Crippen LogP contribution is -2.45. The van der Waals surface area contributed by atoms with Crippen molar-refractivity contribution in [2.24, 2.45) is 0 Å². The first-order chi connectivity index (χ1) is 5.82. The highest BCUT2D eigenvalue weighted by Crippen LogP contribution is 2.45. The van der Waals surface area contributed by atoms with E-state index in [4.69, 9.17) is 14.2 Å². The first kappa shape index (κ1) is 8.81. The van der Waals surface area contributed by atoms with Gasteiger partial charge in [0.25, 0.3) is 0 Å². The van der Waals surface area contributed by atoms with E-state index in [2.05, 4.69) is 0 Å². The topological polar surface area (TPSA) is 27.7 Å². The van der Waals surface area contributed by atoms with Crippen molar-refractivity contribution >= 4 is 11.8 Å². The molecule has 3 nitrogen and oxygen atoms in total. The Kier molecular flexibility index (Phi) is 2.33. The number of thioether (sulfide) groups is 1. The van der Waals surface area contributed by atoms with Gasteiger partial charge < -0.3 is 14.2 Å². The van der Waals surface area contributed by atoms with Gasteiger partial charge in [0.15, 0.2) is 0 Å². The van der Waals surface area contributed by atoms with Gasteiger partial charge in [-0.3, -0.25) is 0 Å². The largest absolute Gasteiger partial charge is 0.382 e. The quantitative estimate of drug-likeness (QED) is 0.649. The summed E-state index contributed by atoms with van der Waals surface area (Å²) < 4.78 is 16.3. The lowest BCUT2D eigenvalue weighted by Gasteiger charge is -2.28. The average molecular weight is 190 g/mol. The van der Waals surface area contributed by atoms with E-state index in [1.54, 1.807) is 14.2 Å². The minimum absolute atomic E-state index is 0.154. The highest BCUT2D eigenvalue weighted by atomic mass is 32.2. The number of hydrogen-bond donors (Lipinski definition) is 0. The van der Waals surface area contributed by atoms with Crippen LogP contribution in [0, 0.1) is 0 Å². The Morgan fingerprint density at radius 1 is 1.58 bits per heavy atom. The summed E-state index contributed by atoms with van der Waals surface area (Å²) in [6.45, 7) is 1.46. The minimum atomic E-state index is -0.154. The molecule has 70 valence electrons. The van der Waals surface area contributed by atoms with Gasteiger partial charge in [-0.2, -0.15) is 11.8 Å². The van der Waals surface area contributed by atoms with Crippen LogP contribution in [0.5, 0.6) is 0 Å². The molecule has 4 heteroatoms. The molecule has 0 aromatic rings. The molecular weight excluding hydrogens is 176 g/mol. The fraction of sp³-hybridized carbons (Fsp3) is 1.00. The molecule has 2 saturated heterocycles. The molecule has 0 aromatic heterocycles. The molecule has 2 rings (SSSR count). The zero-order chi connectivity index (χ0) is 8.60. The summed E-state index contributed by atoms with van der Waals surface area (Å²) in [5, 5.41) is 0.519. The lowest BCUT2D eigenvalue weighted by molar-refractivity contribution is -0.0917. The summed E-state index contributed by atoms with van der Waals surface area (Å²) in [6, 6.07) is 0. The first-order valence-electron chi connectivity index (χ1n) is 4.10. The predicted molar refractivity (Wildman–Crippen MR) is 47.6 cm³/mol. The van der Waals surface area contributed by atoms with E-state index in [1.165, 1.54) is 0 Å². The van der Waals surface area contributed by atoms with Crippen LogP contribution in [0.1, 0.15) is 0 Å². The summed E-state index contributed by atoms with van der Waals surface area (Å²) in [5.41, 5.74) is -0.154. The van der Waals surface area contributed by atoms with Crippen LogP contribution in [0.25, 0.3) is 0 Å². The molecule has 2 unspecified atom stereocenters. The Balaban J connectivity index is 2.12. The Bertz CT molecular complexity index is 166. The number of ether oxygens (including phenoxy) is 3. The van der Waals surface area contributed by atoms with Gasteiger partial charge in [-0.1, -0.05) is 0 Å². The third-order valence-corrected chi connectivity index (χ3v) is 4.04. The van der Waals surface area contributed by atoms with Crippen LogP contribution in [0.15, 0.2) is 0 Å². The summed E-state index contributed by atoms with van der Waals surface area (Å²) >= 11 is 1.93. The van der Waals surface area contributed by atoms with Gasteiger partial charge in [0.1, 0.15) is 11.7 Å². The summed E-state index contributed by atoms with van der Waals surface area (Å²) in [4.78, 5) is 0. The van der Waals surface area contributed by atoms with Gasteiger partial charge in [-0.15, -0.1) is 0 Å². The number of rotatable bonds is 3. The van der Waals surface area contributed by atoms with Crippen molar-refractivity contribution in [2.45, 2.75) is 17.0 Å². The molecule has 2 heterocycles. The molecule has 2 aliphatic heterocycles. The first-order valence-corrected chi connectivity index (χ1v) is 5.14. The molecule has 0 aliphatic carbocycles. The third kappa shape index (κ3) is 1.09. The molecule has 0 saturated carbocycles. The summed E-state index contributed by atoms with van der Waals surface area (Å²) in [7, 11) is 3.46. The number of methoxy groups -OCH3 is 2. The third-order valence-electron chi connectivity index (χ3n) is 2.58. The van der Waals surface area contributed by atoms with Gasteiger partial charge in [0, 0.05) is 20.0 Å². The SMILES string of the molecule is COC[C@]12CSC(CO1)C2OC. The standard InChI is InChI=1S/C8H14O3S/c1-9-4-8-5-12-6(3-11-8)7(8)10-2/h6-7H,3-5H2,1-2H3/t6?,7?,8-/m1/s1. The van der Waals surface area contributed by atoms with E-state index in [0.29, 0.717) is 11.9 Å². The summed E-state index contributed by atoms with van der Waals surface area (Å²) in [5.74, 6) is 1.00. The Labute approximate surface area is 76.7 Å². The number of hydrogen-bond acceptors (Lipinski definition) is 4. The van der Waals surface area contributed by atoms with Crippen molar-refractivity contribution in [3.05, 3.63) is 0 Å². The zero-order valence-electron chi connectivity index (χ0n) is 7.41. The molecule has 3 atom stereocenters. The molecular formula is C8H14O3S. The minimum Gasteiger partial charge on any atom is -0.382 e. The second-order valence-electron chi connectivity index (χ2n) is 3.31. The Morgan fingerprint density at radius 3 is 2.92 bits per heavy atom. The van der Waals surface area contributed by atoms with E-state index in [-0.39, 0.29) is 11.7 Å². The van der Waals surface area contributed by atoms with Crippen LogP contribution in [0.2, 0.25) is 0 Å². The van der Waals surface area contributed by atoms with Crippen LogP contribution < -0.4 is 0 Å². The molecule has 0 spiro atoms. The van der Waals surface area contributed by atoms with E-state index < -0.39 is 0 Å². The molecule has 0 N–H and O–H groups in total. The van der Waals surface area contributed by atoms with Gasteiger partial charge in [0.2, 0.25) is 0 Å². The second kappa shape index (κ2) is 3.18. The van der Waals surface area contributed by atoms with Crippen molar-refractivity contribution in [3.8, 4) is 0 Å². The average Bonchev–Trinajstić information content (AvgIpc) is 2.58. The van der Waals surface area contributed by atoms with E-state index >= 15 is 0 Å². The Morgan fingerprint density at radius 2 is 2.42 bits per heavy atom. The van der Waals surface area contributed by atoms with Crippen LogP contribution in [0.3, 0.4) is 0 Å². The zero-order valence-corrected chi connectivity index (χ0v) is 8.23. The maximum absolute atomic E-state index is 5.71. The molecule has 12 heavy (non-hydrogen) atoms. The highest BCUT2D eigenvalue weighted by Gasteiger charge is 2.56. The molecule has 0 aromatic carbocycles. The van der Waals surface area contributed by atoms with Crippen LogP contribution in [-0.2, 0) is 14.2 Å². The van der Waals surface area contributed by atoms with Crippen molar-refractivity contribution < 1.29 is 14.2 Å². The van der Waals surface area contributed by atoms with Crippen molar-refractivity contribution in [1.82, 2.24) is 0 Å². The molecule has 2 fully saturated rings. The van der Waals surface area contributed by atoms with Gasteiger partial charge in [0.05, 0.1) is 18.5 Å². The fourth-order valence-electron chi connectivity index (χ4n) is 2.04. The molecule has 2 bridgehead atoms. The predicted octanol–water partition coefficient (Wildman–Crippen LogP) is 0.532. The lowest BCUT2D eigenvalue weighted by atomic mass is 10.0.